The second-order valence-corrected chi connectivity index (χ2v) is 3.56. The SMILES string of the molecule is CCn1c(CBr)c(C=O)c(=O)n(C)c1=O. The zero-order valence-electron chi connectivity index (χ0n) is 8.49. The van der Waals surface area contributed by atoms with Crippen molar-refractivity contribution in [2.24, 2.45) is 7.05 Å². The standard InChI is InChI=1S/C9H11BrN2O3/c1-3-12-7(4-10)6(5-13)8(14)11(2)9(12)15/h5H,3-4H2,1-2H3. The van der Waals surface area contributed by atoms with Crippen LogP contribution in [0.3, 0.4) is 0 Å². The molecule has 0 unspecified atom stereocenters. The summed E-state index contributed by atoms with van der Waals surface area (Å²) in [6.07, 6.45) is 0.491. The lowest BCUT2D eigenvalue weighted by molar-refractivity contribution is 0.111. The molecule has 1 aromatic heterocycles. The molecule has 1 heterocycles. The Morgan fingerprint density at radius 2 is 2.00 bits per heavy atom. The Hall–Kier alpha value is -1.17. The Labute approximate surface area is 94.5 Å². The van der Waals surface area contributed by atoms with E-state index in [0.29, 0.717) is 23.9 Å². The van der Waals surface area contributed by atoms with Crippen molar-refractivity contribution in [2.75, 3.05) is 0 Å². The molecule has 5 nitrogen and oxygen atoms in total. The molecular weight excluding hydrogens is 264 g/mol. The van der Waals surface area contributed by atoms with Gasteiger partial charge in [0.1, 0.15) is 5.56 Å². The molecule has 6 heteroatoms. The lowest BCUT2D eigenvalue weighted by Gasteiger charge is -2.11. The topological polar surface area (TPSA) is 61.1 Å². The summed E-state index contributed by atoms with van der Waals surface area (Å²) in [6, 6.07) is 0. The molecule has 0 fully saturated rings. The number of carbonyl (C=O) groups is 1. The normalized spacial score (nSPS) is 10.3. The maximum absolute atomic E-state index is 11.7. The molecule has 15 heavy (non-hydrogen) atoms. The Bertz CT molecular complexity index is 501. The van der Waals surface area contributed by atoms with Crippen molar-refractivity contribution in [3.63, 3.8) is 0 Å². The Morgan fingerprint density at radius 3 is 2.40 bits per heavy atom. The van der Waals surface area contributed by atoms with Gasteiger partial charge in [0.2, 0.25) is 0 Å². The van der Waals surface area contributed by atoms with E-state index in [2.05, 4.69) is 15.9 Å². The van der Waals surface area contributed by atoms with Crippen LogP contribution >= 0.6 is 15.9 Å². The number of rotatable bonds is 3. The number of hydrogen-bond donors (Lipinski definition) is 0. The first-order valence-electron chi connectivity index (χ1n) is 4.42. The first-order chi connectivity index (χ1) is 7.08. The van der Waals surface area contributed by atoms with E-state index in [1.807, 2.05) is 0 Å². The second-order valence-electron chi connectivity index (χ2n) is 3.00. The molecule has 0 saturated carbocycles. The molecule has 0 aliphatic rings. The van der Waals surface area contributed by atoms with Crippen LogP contribution in [0.15, 0.2) is 9.59 Å². The smallest absolute Gasteiger partial charge is 0.298 e. The van der Waals surface area contributed by atoms with Gasteiger partial charge in [-0.25, -0.2) is 4.79 Å². The van der Waals surface area contributed by atoms with Crippen molar-refractivity contribution in [1.82, 2.24) is 9.13 Å². The third kappa shape index (κ3) is 1.81. The van der Waals surface area contributed by atoms with Gasteiger partial charge < -0.3 is 0 Å². The van der Waals surface area contributed by atoms with Gasteiger partial charge in [-0.15, -0.1) is 0 Å². The van der Waals surface area contributed by atoms with E-state index in [1.54, 1.807) is 6.92 Å². The Kier molecular flexibility index (Phi) is 3.62. The maximum Gasteiger partial charge on any atom is 0.330 e. The molecular formula is C9H11BrN2O3. The molecule has 0 amide bonds. The molecule has 1 aromatic rings. The fourth-order valence-corrected chi connectivity index (χ4v) is 2.03. The number of alkyl halides is 1. The van der Waals surface area contributed by atoms with E-state index in [9.17, 15) is 14.4 Å². The molecule has 82 valence electrons. The minimum atomic E-state index is -0.547. The van der Waals surface area contributed by atoms with Gasteiger partial charge in [-0.05, 0) is 6.92 Å². The van der Waals surface area contributed by atoms with Crippen molar-refractivity contribution in [1.29, 1.82) is 0 Å². The average molecular weight is 275 g/mol. The predicted molar refractivity (Wildman–Crippen MR) is 59.6 cm³/mol. The van der Waals surface area contributed by atoms with Gasteiger partial charge in [0, 0.05) is 24.6 Å². The fraction of sp³-hybridized carbons (Fsp3) is 0.444. The van der Waals surface area contributed by atoms with E-state index < -0.39 is 11.2 Å². The highest BCUT2D eigenvalue weighted by Crippen LogP contribution is 2.05. The molecule has 0 aromatic carbocycles. The third-order valence-electron chi connectivity index (χ3n) is 2.25. The van der Waals surface area contributed by atoms with Gasteiger partial charge in [-0.1, -0.05) is 15.9 Å². The number of aldehydes is 1. The highest BCUT2D eigenvalue weighted by molar-refractivity contribution is 9.08. The van der Waals surface area contributed by atoms with E-state index in [0.717, 1.165) is 4.57 Å². The minimum absolute atomic E-state index is 0.0378. The Morgan fingerprint density at radius 1 is 1.40 bits per heavy atom. The quantitative estimate of drug-likeness (QED) is 0.588. The van der Waals surface area contributed by atoms with Crippen molar-refractivity contribution in [3.05, 3.63) is 32.1 Å². The molecule has 0 aliphatic heterocycles. The Balaban J connectivity index is 3.83. The van der Waals surface area contributed by atoms with Gasteiger partial charge in [-0.2, -0.15) is 0 Å². The van der Waals surface area contributed by atoms with Crippen LogP contribution in [0, 0.1) is 0 Å². The highest BCUT2D eigenvalue weighted by Gasteiger charge is 2.14. The van der Waals surface area contributed by atoms with Crippen LogP contribution in [0.1, 0.15) is 23.0 Å². The van der Waals surface area contributed by atoms with Crippen LogP contribution in [-0.2, 0) is 18.9 Å². The van der Waals surface area contributed by atoms with Gasteiger partial charge >= 0.3 is 5.69 Å². The lowest BCUT2D eigenvalue weighted by Crippen LogP contribution is -2.41. The molecule has 0 spiro atoms. The summed E-state index contributed by atoms with van der Waals surface area (Å²) in [7, 11) is 1.36. The first-order valence-corrected chi connectivity index (χ1v) is 5.54. The summed E-state index contributed by atoms with van der Waals surface area (Å²) < 4.78 is 2.35. The number of nitrogens with zero attached hydrogens (tertiary/aromatic N) is 2. The number of hydrogen-bond acceptors (Lipinski definition) is 3. The van der Waals surface area contributed by atoms with Gasteiger partial charge in [0.25, 0.3) is 5.56 Å². The summed E-state index contributed by atoms with van der Waals surface area (Å²) in [6.45, 7) is 2.21. The van der Waals surface area contributed by atoms with Gasteiger partial charge in [-0.3, -0.25) is 18.7 Å². The summed E-state index contributed by atoms with van der Waals surface area (Å²) in [5.74, 6) is 0. The summed E-state index contributed by atoms with van der Waals surface area (Å²) >= 11 is 3.17. The van der Waals surface area contributed by atoms with Crippen LogP contribution in [-0.4, -0.2) is 15.4 Å². The zero-order chi connectivity index (χ0) is 11.6. The largest absolute Gasteiger partial charge is 0.330 e. The van der Waals surface area contributed by atoms with Crippen LogP contribution in [0.2, 0.25) is 0 Å². The lowest BCUT2D eigenvalue weighted by atomic mass is 10.2. The fourth-order valence-electron chi connectivity index (χ4n) is 1.42. The molecule has 1 rings (SSSR count). The van der Waals surface area contributed by atoms with Crippen molar-refractivity contribution >= 4 is 22.2 Å². The maximum atomic E-state index is 11.7. The van der Waals surface area contributed by atoms with Crippen molar-refractivity contribution < 1.29 is 4.79 Å². The van der Waals surface area contributed by atoms with E-state index in [4.69, 9.17) is 0 Å². The van der Waals surface area contributed by atoms with Crippen molar-refractivity contribution in [3.8, 4) is 0 Å². The van der Waals surface area contributed by atoms with E-state index in [-0.39, 0.29) is 5.56 Å². The molecule has 0 aliphatic carbocycles. The highest BCUT2D eigenvalue weighted by atomic mass is 79.9. The third-order valence-corrected chi connectivity index (χ3v) is 2.78. The average Bonchev–Trinajstić information content (AvgIpc) is 2.25. The monoisotopic (exact) mass is 274 g/mol. The van der Waals surface area contributed by atoms with Gasteiger partial charge in [0.05, 0.1) is 0 Å². The first kappa shape index (κ1) is 11.9. The number of aromatic nitrogens is 2. The van der Waals surface area contributed by atoms with Crippen LogP contribution in [0.4, 0.5) is 0 Å². The van der Waals surface area contributed by atoms with Crippen LogP contribution < -0.4 is 11.2 Å². The summed E-state index contributed by atoms with van der Waals surface area (Å²) in [5, 5.41) is 0.306. The summed E-state index contributed by atoms with van der Waals surface area (Å²) in [5.41, 5.74) is -0.479. The van der Waals surface area contributed by atoms with Crippen LogP contribution in [0.5, 0.6) is 0 Å². The molecule has 0 N–H and O–H groups in total. The van der Waals surface area contributed by atoms with E-state index >= 15 is 0 Å². The van der Waals surface area contributed by atoms with E-state index in [1.165, 1.54) is 11.6 Å². The predicted octanol–water partition coefficient (Wildman–Crippen LogP) is 0.274. The van der Waals surface area contributed by atoms with Crippen molar-refractivity contribution in [2.45, 2.75) is 18.8 Å². The molecule has 0 atom stereocenters. The summed E-state index contributed by atoms with van der Waals surface area (Å²) in [4.78, 5) is 34.0. The number of carbonyl (C=O) groups excluding carboxylic acids is 1. The number of halogens is 1. The zero-order valence-corrected chi connectivity index (χ0v) is 10.1. The molecule has 0 radical (unpaired) electrons. The minimum Gasteiger partial charge on any atom is -0.298 e. The second kappa shape index (κ2) is 4.57. The molecule has 0 saturated heterocycles. The van der Waals surface area contributed by atoms with Gasteiger partial charge in [0.15, 0.2) is 6.29 Å². The molecule has 0 bridgehead atoms. The van der Waals surface area contributed by atoms with Crippen LogP contribution in [0.25, 0.3) is 0 Å².